The Hall–Kier alpha value is 0.770. The number of benzene rings is 1. The van der Waals surface area contributed by atoms with Crippen molar-refractivity contribution >= 4 is 67.8 Å². The molecular weight excluding hydrogens is 565 g/mol. The maximum Gasteiger partial charge on any atom is 0.146 e. The van der Waals surface area contributed by atoms with Gasteiger partial charge in [0.1, 0.15) is 11.9 Å². The van der Waals surface area contributed by atoms with Gasteiger partial charge in [0.15, 0.2) is 0 Å². The Balaban J connectivity index is 2.65. The quantitative estimate of drug-likeness (QED) is 0.340. The van der Waals surface area contributed by atoms with E-state index in [1.165, 1.54) is 3.57 Å². The highest BCUT2D eigenvalue weighted by Crippen LogP contribution is 2.30. The van der Waals surface area contributed by atoms with E-state index in [4.69, 9.17) is 4.74 Å². The van der Waals surface area contributed by atoms with Crippen LogP contribution in [0.3, 0.4) is 0 Å². The van der Waals surface area contributed by atoms with Crippen molar-refractivity contribution in [1.82, 2.24) is 0 Å². The molecule has 0 spiro atoms. The van der Waals surface area contributed by atoms with Crippen LogP contribution in [-0.4, -0.2) is 6.10 Å². The van der Waals surface area contributed by atoms with Crippen molar-refractivity contribution in [1.29, 1.82) is 0 Å². The maximum atomic E-state index is 5.99. The van der Waals surface area contributed by atoms with Crippen molar-refractivity contribution in [3.63, 3.8) is 0 Å². The molecule has 0 N–H and O–H groups in total. The Morgan fingerprint density at radius 2 is 1.78 bits per heavy atom. The van der Waals surface area contributed by atoms with Gasteiger partial charge in [0, 0.05) is 16.4 Å². The zero-order chi connectivity index (χ0) is 13.5. The molecule has 1 unspecified atom stereocenters. The standard InChI is InChI=1S/C14H15I3O/c1-3-4-5-6-7-10(2)18-14-12(16)8-11(15)9-13(14)17/h8-10H,3-4,7H2,1-2H3. The summed E-state index contributed by atoms with van der Waals surface area (Å²) >= 11 is 6.98. The van der Waals surface area contributed by atoms with Gasteiger partial charge in [0.25, 0.3) is 0 Å². The third kappa shape index (κ3) is 5.82. The van der Waals surface area contributed by atoms with Gasteiger partial charge in [-0.05, 0) is 93.2 Å². The van der Waals surface area contributed by atoms with Crippen LogP contribution in [0.15, 0.2) is 12.1 Å². The van der Waals surface area contributed by atoms with E-state index in [2.05, 4.69) is 106 Å². The largest absolute Gasteiger partial charge is 0.488 e. The van der Waals surface area contributed by atoms with Crippen LogP contribution in [0.2, 0.25) is 0 Å². The fourth-order valence-corrected chi connectivity index (χ4v) is 5.15. The lowest BCUT2D eigenvalue weighted by molar-refractivity contribution is 0.224. The van der Waals surface area contributed by atoms with Gasteiger partial charge in [-0.15, -0.1) is 5.92 Å². The van der Waals surface area contributed by atoms with Crippen LogP contribution in [0.5, 0.6) is 5.75 Å². The molecule has 1 aromatic carbocycles. The molecule has 0 fully saturated rings. The highest BCUT2D eigenvalue weighted by Gasteiger charge is 2.11. The molecule has 0 aliphatic carbocycles. The first-order valence-electron chi connectivity index (χ1n) is 5.81. The van der Waals surface area contributed by atoms with Crippen molar-refractivity contribution in [2.45, 2.75) is 39.2 Å². The van der Waals surface area contributed by atoms with Crippen molar-refractivity contribution in [2.24, 2.45) is 0 Å². The smallest absolute Gasteiger partial charge is 0.146 e. The molecule has 1 aromatic rings. The third-order valence-corrected chi connectivity index (χ3v) is 4.40. The number of halogens is 3. The molecule has 0 heterocycles. The van der Waals surface area contributed by atoms with Gasteiger partial charge in [-0.2, -0.15) is 0 Å². The van der Waals surface area contributed by atoms with Gasteiger partial charge >= 0.3 is 0 Å². The van der Waals surface area contributed by atoms with Crippen molar-refractivity contribution in [3.8, 4) is 17.6 Å². The Labute approximate surface area is 150 Å². The SMILES string of the molecule is CCCC#CCC(C)Oc1c(I)cc(I)cc1I. The van der Waals surface area contributed by atoms with E-state index in [1.54, 1.807) is 0 Å². The lowest BCUT2D eigenvalue weighted by Crippen LogP contribution is -2.12. The van der Waals surface area contributed by atoms with Gasteiger partial charge in [-0.25, -0.2) is 0 Å². The van der Waals surface area contributed by atoms with Crippen LogP contribution >= 0.6 is 67.8 Å². The zero-order valence-electron chi connectivity index (χ0n) is 10.4. The van der Waals surface area contributed by atoms with Crippen molar-refractivity contribution < 1.29 is 4.74 Å². The van der Waals surface area contributed by atoms with Crippen LogP contribution < -0.4 is 4.74 Å². The first kappa shape index (κ1) is 16.8. The minimum atomic E-state index is 0.136. The fraction of sp³-hybridized carbons (Fsp3) is 0.429. The predicted octanol–water partition coefficient (Wildman–Crippen LogP) is 5.46. The minimum absolute atomic E-state index is 0.136. The molecule has 1 rings (SSSR count). The summed E-state index contributed by atoms with van der Waals surface area (Å²) in [7, 11) is 0. The molecule has 0 saturated carbocycles. The van der Waals surface area contributed by atoms with Crippen LogP contribution in [0.25, 0.3) is 0 Å². The summed E-state index contributed by atoms with van der Waals surface area (Å²) in [6.07, 6.45) is 3.02. The summed E-state index contributed by atoms with van der Waals surface area (Å²) in [6.45, 7) is 4.22. The second-order valence-corrected chi connectivity index (χ2v) is 7.50. The summed E-state index contributed by atoms with van der Waals surface area (Å²) in [4.78, 5) is 0. The maximum absolute atomic E-state index is 5.99. The molecule has 18 heavy (non-hydrogen) atoms. The van der Waals surface area contributed by atoms with Gasteiger partial charge in [-0.3, -0.25) is 0 Å². The summed E-state index contributed by atoms with van der Waals surface area (Å²) < 4.78 is 9.56. The van der Waals surface area contributed by atoms with Crippen LogP contribution in [0.4, 0.5) is 0 Å². The molecule has 1 nitrogen and oxygen atoms in total. The average Bonchev–Trinajstić information content (AvgIpc) is 2.29. The highest BCUT2D eigenvalue weighted by atomic mass is 127. The zero-order valence-corrected chi connectivity index (χ0v) is 16.9. The molecule has 0 aliphatic rings. The van der Waals surface area contributed by atoms with E-state index in [-0.39, 0.29) is 6.10 Å². The van der Waals surface area contributed by atoms with E-state index in [1.807, 2.05) is 0 Å². The number of rotatable bonds is 4. The van der Waals surface area contributed by atoms with Crippen LogP contribution in [0.1, 0.15) is 33.1 Å². The van der Waals surface area contributed by atoms with Crippen LogP contribution in [-0.2, 0) is 0 Å². The van der Waals surface area contributed by atoms with Crippen molar-refractivity contribution in [3.05, 3.63) is 22.8 Å². The van der Waals surface area contributed by atoms with Gasteiger partial charge in [0.2, 0.25) is 0 Å². The monoisotopic (exact) mass is 580 g/mol. The first-order chi connectivity index (χ1) is 8.54. The van der Waals surface area contributed by atoms with Gasteiger partial charge in [0.05, 0.1) is 7.14 Å². The Morgan fingerprint density at radius 3 is 2.33 bits per heavy atom. The summed E-state index contributed by atoms with van der Waals surface area (Å²) in [5.41, 5.74) is 0. The number of ether oxygens (including phenoxy) is 1. The summed E-state index contributed by atoms with van der Waals surface area (Å²) in [6, 6.07) is 4.27. The van der Waals surface area contributed by atoms with E-state index in [0.717, 1.165) is 32.2 Å². The summed E-state index contributed by atoms with van der Waals surface area (Å²) in [5.74, 6) is 7.32. The minimum Gasteiger partial charge on any atom is -0.488 e. The second kappa shape index (κ2) is 8.84. The fourth-order valence-electron chi connectivity index (χ4n) is 1.31. The van der Waals surface area contributed by atoms with E-state index >= 15 is 0 Å². The molecule has 0 amide bonds. The first-order valence-corrected chi connectivity index (χ1v) is 9.05. The molecule has 98 valence electrons. The molecule has 4 heteroatoms. The van der Waals surface area contributed by atoms with Crippen molar-refractivity contribution in [2.75, 3.05) is 0 Å². The highest BCUT2D eigenvalue weighted by molar-refractivity contribution is 14.1. The Morgan fingerprint density at radius 1 is 1.17 bits per heavy atom. The molecule has 0 aromatic heterocycles. The molecule has 0 aliphatic heterocycles. The summed E-state index contributed by atoms with van der Waals surface area (Å²) in [5, 5.41) is 0. The lowest BCUT2D eigenvalue weighted by atomic mass is 10.2. The molecule has 0 saturated heterocycles. The van der Waals surface area contributed by atoms with Crippen LogP contribution in [0, 0.1) is 22.6 Å². The molecule has 0 radical (unpaired) electrons. The third-order valence-electron chi connectivity index (χ3n) is 2.17. The van der Waals surface area contributed by atoms with Gasteiger partial charge < -0.3 is 4.74 Å². The molecule has 0 bridgehead atoms. The number of hydrogen-bond donors (Lipinski definition) is 0. The van der Waals surface area contributed by atoms with Gasteiger partial charge in [-0.1, -0.05) is 12.8 Å². The predicted molar refractivity (Wildman–Crippen MR) is 102 cm³/mol. The Kier molecular flexibility index (Phi) is 8.27. The molecular formula is C14H15I3O. The normalized spacial score (nSPS) is 11.6. The Bertz CT molecular complexity index is 437. The molecule has 1 atom stereocenters. The van der Waals surface area contributed by atoms with E-state index in [9.17, 15) is 0 Å². The number of hydrogen-bond acceptors (Lipinski definition) is 1. The van der Waals surface area contributed by atoms with E-state index < -0.39 is 0 Å². The second-order valence-electron chi connectivity index (χ2n) is 3.93. The lowest BCUT2D eigenvalue weighted by Gasteiger charge is -2.15. The topological polar surface area (TPSA) is 9.23 Å². The number of unbranched alkanes of at least 4 members (excludes halogenated alkanes) is 1. The van der Waals surface area contributed by atoms with E-state index in [0.29, 0.717) is 0 Å². The average molecular weight is 580 g/mol.